The van der Waals surface area contributed by atoms with Crippen molar-refractivity contribution in [1.82, 2.24) is 14.7 Å². The van der Waals surface area contributed by atoms with Crippen LogP contribution in [0.1, 0.15) is 5.69 Å². The Labute approximate surface area is 118 Å². The maximum Gasteiger partial charge on any atom is 0.148 e. The zero-order valence-electron chi connectivity index (χ0n) is 11.9. The molecule has 0 amide bonds. The summed E-state index contributed by atoms with van der Waals surface area (Å²) >= 11 is 0. The van der Waals surface area contributed by atoms with Crippen molar-refractivity contribution in [2.75, 3.05) is 38.1 Å². The van der Waals surface area contributed by atoms with Crippen LogP contribution in [0.2, 0.25) is 0 Å². The minimum Gasteiger partial charge on any atom is -0.367 e. The lowest BCUT2D eigenvalue weighted by atomic mass is 10.2. The Bertz CT molecular complexity index is 600. The van der Waals surface area contributed by atoms with Crippen LogP contribution in [0, 0.1) is 12.7 Å². The Hall–Kier alpha value is -1.88. The summed E-state index contributed by atoms with van der Waals surface area (Å²) in [6.45, 7) is 5.60. The fourth-order valence-corrected chi connectivity index (χ4v) is 2.50. The van der Waals surface area contributed by atoms with Crippen molar-refractivity contribution in [3.63, 3.8) is 0 Å². The van der Waals surface area contributed by atoms with Gasteiger partial charge in [0.05, 0.1) is 17.1 Å². The predicted molar refractivity (Wildman–Crippen MR) is 78.0 cm³/mol. The third kappa shape index (κ3) is 2.54. The van der Waals surface area contributed by atoms with Crippen molar-refractivity contribution >= 4 is 5.69 Å². The molecule has 4 nitrogen and oxygen atoms in total. The van der Waals surface area contributed by atoms with Crippen molar-refractivity contribution in [2.45, 2.75) is 6.92 Å². The van der Waals surface area contributed by atoms with Crippen molar-refractivity contribution in [1.29, 1.82) is 0 Å². The molecule has 0 aliphatic carbocycles. The van der Waals surface area contributed by atoms with E-state index in [1.165, 1.54) is 0 Å². The molecule has 0 bridgehead atoms. The Balaban J connectivity index is 1.84. The Kier molecular flexibility index (Phi) is 3.44. The van der Waals surface area contributed by atoms with E-state index in [1.807, 2.05) is 31.3 Å². The summed E-state index contributed by atoms with van der Waals surface area (Å²) in [5.74, 6) is -0.180. The summed E-state index contributed by atoms with van der Waals surface area (Å²) in [5, 5.41) is 4.30. The van der Waals surface area contributed by atoms with Gasteiger partial charge >= 0.3 is 0 Å². The number of anilines is 1. The van der Waals surface area contributed by atoms with E-state index < -0.39 is 0 Å². The van der Waals surface area contributed by atoms with Gasteiger partial charge in [-0.05, 0) is 32.2 Å². The van der Waals surface area contributed by atoms with Crippen LogP contribution in [0.5, 0.6) is 0 Å². The van der Waals surface area contributed by atoms with Crippen LogP contribution >= 0.6 is 0 Å². The topological polar surface area (TPSA) is 24.3 Å². The number of aromatic nitrogens is 2. The van der Waals surface area contributed by atoms with Crippen LogP contribution in [-0.4, -0.2) is 47.9 Å². The van der Waals surface area contributed by atoms with E-state index in [-0.39, 0.29) is 5.82 Å². The molecule has 0 unspecified atom stereocenters. The third-order valence-corrected chi connectivity index (χ3v) is 3.76. The fraction of sp³-hybridized carbons (Fsp3) is 0.400. The molecule has 1 aromatic heterocycles. The molecule has 0 radical (unpaired) electrons. The minimum atomic E-state index is -0.180. The van der Waals surface area contributed by atoms with Crippen molar-refractivity contribution < 1.29 is 4.39 Å². The molecule has 2 aromatic rings. The van der Waals surface area contributed by atoms with E-state index in [9.17, 15) is 4.39 Å². The number of rotatable bonds is 2. The second-order valence-corrected chi connectivity index (χ2v) is 5.33. The van der Waals surface area contributed by atoms with Crippen molar-refractivity contribution in [3.05, 3.63) is 42.0 Å². The first-order chi connectivity index (χ1) is 9.63. The van der Waals surface area contributed by atoms with Gasteiger partial charge in [0.2, 0.25) is 0 Å². The number of piperazine rings is 1. The molecule has 1 aliphatic rings. The summed E-state index contributed by atoms with van der Waals surface area (Å²) < 4.78 is 16.0. The van der Waals surface area contributed by atoms with Gasteiger partial charge in [0.1, 0.15) is 5.82 Å². The molecule has 3 rings (SSSR count). The van der Waals surface area contributed by atoms with E-state index in [4.69, 9.17) is 0 Å². The van der Waals surface area contributed by atoms with E-state index in [1.54, 1.807) is 10.7 Å². The number of hydrogen-bond donors (Lipinski definition) is 0. The van der Waals surface area contributed by atoms with Crippen LogP contribution in [0.15, 0.2) is 30.5 Å². The normalized spacial score (nSPS) is 16.6. The zero-order valence-corrected chi connectivity index (χ0v) is 11.9. The average molecular weight is 274 g/mol. The van der Waals surface area contributed by atoms with Gasteiger partial charge < -0.3 is 9.80 Å². The molecule has 0 spiro atoms. The maximum atomic E-state index is 14.3. The molecular formula is C15H19FN4. The number of aryl methyl sites for hydroxylation is 1. The first-order valence-corrected chi connectivity index (χ1v) is 6.89. The van der Waals surface area contributed by atoms with Gasteiger partial charge in [-0.1, -0.05) is 0 Å². The number of halogens is 1. The first kappa shape index (κ1) is 13.1. The van der Waals surface area contributed by atoms with Gasteiger partial charge in [0.15, 0.2) is 0 Å². The molecule has 5 heteroatoms. The molecule has 0 N–H and O–H groups in total. The van der Waals surface area contributed by atoms with Crippen LogP contribution in [-0.2, 0) is 0 Å². The van der Waals surface area contributed by atoms with Crippen LogP contribution < -0.4 is 4.90 Å². The number of benzene rings is 1. The van der Waals surface area contributed by atoms with Gasteiger partial charge in [0.25, 0.3) is 0 Å². The summed E-state index contributed by atoms with van der Waals surface area (Å²) in [6.07, 6.45) is 1.85. The lowest BCUT2D eigenvalue weighted by Crippen LogP contribution is -2.44. The minimum absolute atomic E-state index is 0.180. The molecule has 2 heterocycles. The Morgan fingerprint density at radius 1 is 1.10 bits per heavy atom. The van der Waals surface area contributed by atoms with E-state index >= 15 is 0 Å². The smallest absolute Gasteiger partial charge is 0.148 e. The number of nitrogens with zero attached hydrogens (tertiary/aromatic N) is 4. The van der Waals surface area contributed by atoms with Gasteiger partial charge in [-0.3, -0.25) is 0 Å². The number of hydrogen-bond acceptors (Lipinski definition) is 3. The summed E-state index contributed by atoms with van der Waals surface area (Å²) in [6, 6.07) is 7.24. The summed E-state index contributed by atoms with van der Waals surface area (Å²) in [4.78, 5) is 4.36. The number of likely N-dealkylation sites (N-methyl/N-ethyl adjacent to an activating group) is 1. The van der Waals surface area contributed by atoms with Crippen molar-refractivity contribution in [3.8, 4) is 5.69 Å². The van der Waals surface area contributed by atoms with E-state index in [2.05, 4.69) is 21.9 Å². The van der Waals surface area contributed by atoms with Crippen LogP contribution in [0.25, 0.3) is 5.69 Å². The second kappa shape index (κ2) is 5.25. The van der Waals surface area contributed by atoms with Gasteiger partial charge in [-0.25, -0.2) is 9.07 Å². The van der Waals surface area contributed by atoms with Gasteiger partial charge in [-0.2, -0.15) is 5.10 Å². The molecule has 1 saturated heterocycles. The summed E-state index contributed by atoms with van der Waals surface area (Å²) in [7, 11) is 2.09. The van der Waals surface area contributed by atoms with E-state index in [0.717, 1.165) is 37.6 Å². The molecule has 1 fully saturated rings. The molecule has 0 saturated carbocycles. The highest BCUT2D eigenvalue weighted by atomic mass is 19.1. The highest BCUT2D eigenvalue weighted by molar-refractivity contribution is 5.52. The lowest BCUT2D eigenvalue weighted by molar-refractivity contribution is 0.311. The molecule has 1 aliphatic heterocycles. The Morgan fingerprint density at radius 3 is 2.45 bits per heavy atom. The third-order valence-electron chi connectivity index (χ3n) is 3.76. The van der Waals surface area contributed by atoms with E-state index in [0.29, 0.717) is 5.69 Å². The molecule has 20 heavy (non-hydrogen) atoms. The second-order valence-electron chi connectivity index (χ2n) is 5.33. The molecule has 0 atom stereocenters. The highest BCUT2D eigenvalue weighted by Gasteiger charge is 2.17. The van der Waals surface area contributed by atoms with Crippen LogP contribution in [0.4, 0.5) is 10.1 Å². The lowest BCUT2D eigenvalue weighted by Gasteiger charge is -2.34. The van der Waals surface area contributed by atoms with Crippen molar-refractivity contribution in [2.24, 2.45) is 0 Å². The van der Waals surface area contributed by atoms with Crippen LogP contribution in [0.3, 0.4) is 0 Å². The largest absolute Gasteiger partial charge is 0.367 e. The zero-order chi connectivity index (χ0) is 14.1. The average Bonchev–Trinajstić information content (AvgIpc) is 2.87. The predicted octanol–water partition coefficient (Wildman–Crippen LogP) is 2.07. The molecule has 106 valence electrons. The maximum absolute atomic E-state index is 14.3. The standard InChI is InChI=1S/C15H19FN4/c1-12-5-6-20(17-12)13-3-4-15(14(16)11-13)19-9-7-18(2)8-10-19/h3-6,11H,7-10H2,1-2H3. The highest BCUT2D eigenvalue weighted by Crippen LogP contribution is 2.23. The SMILES string of the molecule is Cc1ccn(-c2ccc(N3CCN(C)CC3)c(F)c2)n1. The quantitative estimate of drug-likeness (QED) is 0.838. The monoisotopic (exact) mass is 274 g/mol. The Morgan fingerprint density at radius 2 is 1.85 bits per heavy atom. The first-order valence-electron chi connectivity index (χ1n) is 6.89. The van der Waals surface area contributed by atoms with Gasteiger partial charge in [0, 0.05) is 38.4 Å². The van der Waals surface area contributed by atoms with Gasteiger partial charge in [-0.15, -0.1) is 0 Å². The molecular weight excluding hydrogens is 255 g/mol. The fourth-order valence-electron chi connectivity index (χ4n) is 2.50. The summed E-state index contributed by atoms with van der Waals surface area (Å²) in [5.41, 5.74) is 2.37. The molecule has 1 aromatic carbocycles.